The molecule has 0 atom stereocenters. The minimum Gasteiger partial charge on any atom is -0.326 e. The molecular weight excluding hydrogens is 258 g/mol. The normalized spacial score (nSPS) is 15.9. The fourth-order valence-corrected chi connectivity index (χ4v) is 2.86. The lowest BCUT2D eigenvalue weighted by atomic mass is 10.2. The summed E-state index contributed by atoms with van der Waals surface area (Å²) in [7, 11) is 0. The van der Waals surface area contributed by atoms with E-state index in [1.165, 1.54) is 25.7 Å². The minimum absolute atomic E-state index is 0.594. The first-order valence-corrected chi connectivity index (χ1v) is 7.18. The van der Waals surface area contributed by atoms with Crippen LogP contribution in [0.3, 0.4) is 0 Å². The maximum absolute atomic E-state index is 5.91. The minimum atomic E-state index is 0.594. The summed E-state index contributed by atoms with van der Waals surface area (Å²) in [6.07, 6.45) is 7.30. The fraction of sp³-hybridized carbons (Fsp3) is 0.400. The zero-order valence-electron chi connectivity index (χ0n) is 11.1. The fourth-order valence-electron chi connectivity index (χ4n) is 2.73. The first kappa shape index (κ1) is 12.5. The van der Waals surface area contributed by atoms with Crippen LogP contribution in [0.1, 0.15) is 37.4 Å². The van der Waals surface area contributed by atoms with Crippen molar-refractivity contribution in [2.75, 3.05) is 5.32 Å². The summed E-state index contributed by atoms with van der Waals surface area (Å²) >= 11 is 5.91. The molecule has 1 fully saturated rings. The third-order valence-corrected chi connectivity index (χ3v) is 3.92. The topological polar surface area (TPSA) is 29.9 Å². The van der Waals surface area contributed by atoms with Gasteiger partial charge in [0.2, 0.25) is 5.95 Å². The van der Waals surface area contributed by atoms with Crippen molar-refractivity contribution in [2.45, 2.75) is 38.6 Å². The van der Waals surface area contributed by atoms with Crippen LogP contribution in [0.5, 0.6) is 0 Å². The average Bonchev–Trinajstić information content (AvgIpc) is 3.01. The Labute approximate surface area is 118 Å². The van der Waals surface area contributed by atoms with Crippen LogP contribution in [-0.2, 0) is 0 Å². The predicted octanol–water partition coefficient (Wildman–Crippen LogP) is 4.70. The molecule has 1 N–H and O–H groups in total. The highest BCUT2D eigenvalue weighted by Gasteiger charge is 2.20. The molecule has 100 valence electrons. The Kier molecular flexibility index (Phi) is 3.47. The van der Waals surface area contributed by atoms with Gasteiger partial charge in [-0.25, -0.2) is 4.98 Å². The Bertz CT molecular complexity index is 553. The molecule has 3 rings (SSSR count). The summed E-state index contributed by atoms with van der Waals surface area (Å²) in [6, 6.07) is 8.33. The van der Waals surface area contributed by atoms with Crippen molar-refractivity contribution < 1.29 is 0 Å². The number of anilines is 2. The Balaban J connectivity index is 1.85. The van der Waals surface area contributed by atoms with E-state index in [1.807, 2.05) is 31.2 Å². The van der Waals surface area contributed by atoms with E-state index in [4.69, 9.17) is 11.6 Å². The maximum Gasteiger partial charge on any atom is 0.207 e. The van der Waals surface area contributed by atoms with Crippen molar-refractivity contribution in [3.05, 3.63) is 41.2 Å². The molecular formula is C15H18ClN3. The van der Waals surface area contributed by atoms with Gasteiger partial charge in [-0.15, -0.1) is 0 Å². The molecule has 0 radical (unpaired) electrons. The summed E-state index contributed by atoms with van der Waals surface area (Å²) in [4.78, 5) is 4.59. The van der Waals surface area contributed by atoms with Crippen LogP contribution in [-0.4, -0.2) is 9.55 Å². The monoisotopic (exact) mass is 275 g/mol. The molecule has 0 aliphatic heterocycles. The van der Waals surface area contributed by atoms with E-state index in [9.17, 15) is 0 Å². The van der Waals surface area contributed by atoms with Crippen molar-refractivity contribution in [3.8, 4) is 0 Å². The van der Waals surface area contributed by atoms with Crippen LogP contribution < -0.4 is 5.32 Å². The second-order valence-electron chi connectivity index (χ2n) is 5.18. The lowest BCUT2D eigenvalue weighted by Crippen LogP contribution is -2.07. The van der Waals surface area contributed by atoms with Gasteiger partial charge in [0.1, 0.15) is 0 Å². The number of halogens is 1. The van der Waals surface area contributed by atoms with Gasteiger partial charge in [0.15, 0.2) is 0 Å². The lowest BCUT2D eigenvalue weighted by Gasteiger charge is -2.15. The Hall–Kier alpha value is -1.48. The predicted molar refractivity (Wildman–Crippen MR) is 79.2 cm³/mol. The van der Waals surface area contributed by atoms with Crippen LogP contribution >= 0.6 is 11.6 Å². The molecule has 0 amide bonds. The largest absolute Gasteiger partial charge is 0.326 e. The van der Waals surface area contributed by atoms with Crippen molar-refractivity contribution in [1.29, 1.82) is 0 Å². The number of aromatic nitrogens is 2. The standard InChI is InChI=1S/C15H18ClN3/c1-11-10-19(14-4-2-3-5-14)15(17-11)18-13-8-6-12(16)7-9-13/h6-10,14H,2-5H2,1H3,(H,17,18). The number of aryl methyl sites for hydroxylation is 1. The molecule has 2 aromatic rings. The molecule has 19 heavy (non-hydrogen) atoms. The molecule has 1 aliphatic carbocycles. The molecule has 1 saturated carbocycles. The lowest BCUT2D eigenvalue weighted by molar-refractivity contribution is 0.524. The highest BCUT2D eigenvalue weighted by atomic mass is 35.5. The van der Waals surface area contributed by atoms with Crippen molar-refractivity contribution in [3.63, 3.8) is 0 Å². The highest BCUT2D eigenvalue weighted by Crippen LogP contribution is 2.33. The number of imidazole rings is 1. The first-order valence-electron chi connectivity index (χ1n) is 6.80. The van der Waals surface area contributed by atoms with Crippen molar-refractivity contribution in [1.82, 2.24) is 9.55 Å². The number of hydrogen-bond donors (Lipinski definition) is 1. The van der Waals surface area contributed by atoms with E-state index in [1.54, 1.807) is 0 Å². The molecule has 4 heteroatoms. The Morgan fingerprint density at radius 2 is 1.89 bits per heavy atom. The van der Waals surface area contributed by atoms with Gasteiger partial charge >= 0.3 is 0 Å². The summed E-state index contributed by atoms with van der Waals surface area (Å²) in [6.45, 7) is 2.04. The number of nitrogens with zero attached hydrogens (tertiary/aromatic N) is 2. The highest BCUT2D eigenvalue weighted by molar-refractivity contribution is 6.30. The first-order chi connectivity index (χ1) is 9.22. The number of benzene rings is 1. The van der Waals surface area contributed by atoms with Crippen LogP contribution in [0, 0.1) is 6.92 Å². The molecule has 0 bridgehead atoms. The summed E-state index contributed by atoms with van der Waals surface area (Å²) in [5.41, 5.74) is 2.08. The van der Waals surface area contributed by atoms with E-state index >= 15 is 0 Å². The number of rotatable bonds is 3. The summed E-state index contributed by atoms with van der Waals surface area (Å²) < 4.78 is 2.29. The third-order valence-electron chi connectivity index (χ3n) is 3.67. The van der Waals surface area contributed by atoms with Gasteiger partial charge in [-0.1, -0.05) is 24.4 Å². The third kappa shape index (κ3) is 2.76. The van der Waals surface area contributed by atoms with Crippen molar-refractivity contribution >= 4 is 23.2 Å². The average molecular weight is 276 g/mol. The van der Waals surface area contributed by atoms with Crippen molar-refractivity contribution in [2.24, 2.45) is 0 Å². The molecule has 1 aliphatic rings. The van der Waals surface area contributed by atoms with Gasteiger partial charge in [-0.3, -0.25) is 0 Å². The molecule has 0 unspecified atom stereocenters. The quantitative estimate of drug-likeness (QED) is 0.880. The SMILES string of the molecule is Cc1cn(C2CCCC2)c(Nc2ccc(Cl)cc2)n1. The summed E-state index contributed by atoms with van der Waals surface area (Å²) in [5, 5.41) is 4.14. The molecule has 1 aromatic carbocycles. The van der Waals surface area contributed by atoms with Gasteiger partial charge in [-0.2, -0.15) is 0 Å². The number of hydrogen-bond acceptors (Lipinski definition) is 2. The maximum atomic E-state index is 5.91. The molecule has 0 saturated heterocycles. The van der Waals surface area contributed by atoms with E-state index in [2.05, 4.69) is 21.1 Å². The molecule has 3 nitrogen and oxygen atoms in total. The van der Waals surface area contributed by atoms with Crippen LogP contribution in [0.4, 0.5) is 11.6 Å². The zero-order valence-corrected chi connectivity index (χ0v) is 11.8. The van der Waals surface area contributed by atoms with E-state index < -0.39 is 0 Å². The van der Waals surface area contributed by atoms with Crippen LogP contribution in [0.25, 0.3) is 0 Å². The Morgan fingerprint density at radius 3 is 2.58 bits per heavy atom. The van der Waals surface area contributed by atoms with Gasteiger partial charge in [0.25, 0.3) is 0 Å². The van der Waals surface area contributed by atoms with Gasteiger partial charge in [0.05, 0.1) is 5.69 Å². The molecule has 1 heterocycles. The Morgan fingerprint density at radius 1 is 1.21 bits per heavy atom. The van der Waals surface area contributed by atoms with Gasteiger partial charge in [0, 0.05) is 22.9 Å². The van der Waals surface area contributed by atoms with Gasteiger partial charge in [-0.05, 0) is 44.0 Å². The molecule has 1 aromatic heterocycles. The summed E-state index contributed by atoms with van der Waals surface area (Å²) in [5.74, 6) is 0.937. The second-order valence-corrected chi connectivity index (χ2v) is 5.62. The smallest absolute Gasteiger partial charge is 0.207 e. The van der Waals surface area contributed by atoms with E-state index in [0.29, 0.717) is 6.04 Å². The van der Waals surface area contributed by atoms with E-state index in [-0.39, 0.29) is 0 Å². The zero-order chi connectivity index (χ0) is 13.2. The second kappa shape index (κ2) is 5.25. The van der Waals surface area contributed by atoms with Crippen LogP contribution in [0.2, 0.25) is 5.02 Å². The molecule has 0 spiro atoms. The van der Waals surface area contributed by atoms with Crippen LogP contribution in [0.15, 0.2) is 30.5 Å². The van der Waals surface area contributed by atoms with E-state index in [0.717, 1.165) is 22.4 Å². The number of nitrogens with one attached hydrogen (secondary N) is 1. The van der Waals surface area contributed by atoms with Gasteiger partial charge < -0.3 is 9.88 Å².